The van der Waals surface area contributed by atoms with Crippen molar-refractivity contribution in [3.63, 3.8) is 0 Å². The smallest absolute Gasteiger partial charge is 0.149 e. The molecule has 2 atom stereocenters. The number of rotatable bonds is 4. The number of Topliss-reactive ketones (excluding diaryl/α,β-unsaturated/α-hetero) is 1. The predicted octanol–water partition coefficient (Wildman–Crippen LogP) is 1.99. The number of nitrogens with one attached hydrogen (secondary N) is 1. The molecule has 0 aromatic rings. The molecule has 0 aliphatic heterocycles. The molecule has 1 saturated carbocycles. The summed E-state index contributed by atoms with van der Waals surface area (Å²) in [7, 11) is 0. The third-order valence-electron chi connectivity index (χ3n) is 2.94. The van der Waals surface area contributed by atoms with Gasteiger partial charge in [0.15, 0.2) is 0 Å². The fourth-order valence-electron chi connectivity index (χ4n) is 2.12. The molecule has 0 spiro atoms. The highest BCUT2D eigenvalue weighted by molar-refractivity contribution is 5.83. The van der Waals surface area contributed by atoms with Gasteiger partial charge < -0.3 is 5.32 Å². The topological polar surface area (TPSA) is 29.1 Å². The van der Waals surface area contributed by atoms with E-state index in [0.717, 1.165) is 25.3 Å². The van der Waals surface area contributed by atoms with E-state index in [4.69, 9.17) is 0 Å². The minimum Gasteiger partial charge on any atom is -0.310 e. The average Bonchev–Trinajstić information content (AvgIpc) is 2.14. The van der Waals surface area contributed by atoms with Gasteiger partial charge in [-0.3, -0.25) is 4.79 Å². The number of carbonyl (C=O) groups excluding carboxylic acids is 1. The molecule has 0 aromatic heterocycles. The molecule has 1 N–H and O–H groups in total. The Hall–Kier alpha value is -0.370. The molecule has 0 bridgehead atoms. The molecule has 2 nitrogen and oxygen atoms in total. The lowest BCUT2D eigenvalue weighted by molar-refractivity contribution is -0.123. The lowest BCUT2D eigenvalue weighted by Crippen LogP contribution is -2.30. The second-order valence-corrected chi connectivity index (χ2v) is 4.22. The van der Waals surface area contributed by atoms with Crippen LogP contribution in [-0.4, -0.2) is 18.9 Å². The summed E-state index contributed by atoms with van der Waals surface area (Å²) in [5, 5.41) is 3.11. The maximum atomic E-state index is 11.6. The highest BCUT2D eigenvalue weighted by Gasteiger charge is 2.23. The molecular weight excluding hydrogens is 162 g/mol. The normalized spacial score (nSPS) is 28.8. The van der Waals surface area contributed by atoms with Gasteiger partial charge in [0.25, 0.3) is 0 Å². The molecule has 1 rings (SSSR count). The molecule has 0 heterocycles. The van der Waals surface area contributed by atoms with Crippen molar-refractivity contribution < 1.29 is 4.79 Å². The van der Waals surface area contributed by atoms with Gasteiger partial charge in [0.1, 0.15) is 5.78 Å². The van der Waals surface area contributed by atoms with Crippen LogP contribution in [0, 0.1) is 11.8 Å². The monoisotopic (exact) mass is 183 g/mol. The Morgan fingerprint density at radius 1 is 1.46 bits per heavy atom. The zero-order valence-electron chi connectivity index (χ0n) is 8.81. The van der Waals surface area contributed by atoms with Crippen LogP contribution in [0.25, 0.3) is 0 Å². The van der Waals surface area contributed by atoms with Crippen LogP contribution in [-0.2, 0) is 4.79 Å². The molecule has 2 heteroatoms. The lowest BCUT2D eigenvalue weighted by atomic mass is 9.80. The van der Waals surface area contributed by atoms with Crippen molar-refractivity contribution in [2.45, 2.75) is 39.5 Å². The maximum absolute atomic E-state index is 11.6. The van der Waals surface area contributed by atoms with Crippen LogP contribution in [0.1, 0.15) is 39.5 Å². The van der Waals surface area contributed by atoms with Crippen LogP contribution in [0.3, 0.4) is 0 Å². The van der Waals surface area contributed by atoms with Gasteiger partial charge in [0.05, 0.1) is 6.54 Å². The number of carbonyl (C=O) groups is 1. The lowest BCUT2D eigenvalue weighted by Gasteiger charge is -2.25. The summed E-state index contributed by atoms with van der Waals surface area (Å²) in [5.74, 6) is 1.53. The maximum Gasteiger partial charge on any atom is 0.149 e. The molecule has 1 aliphatic carbocycles. The van der Waals surface area contributed by atoms with Crippen LogP contribution in [0.4, 0.5) is 0 Å². The predicted molar refractivity (Wildman–Crippen MR) is 54.7 cm³/mol. The van der Waals surface area contributed by atoms with Gasteiger partial charge in [-0.2, -0.15) is 0 Å². The van der Waals surface area contributed by atoms with E-state index in [0.29, 0.717) is 18.2 Å². The summed E-state index contributed by atoms with van der Waals surface area (Å²) >= 11 is 0. The summed E-state index contributed by atoms with van der Waals surface area (Å²) in [6.07, 6.45) is 4.79. The quantitative estimate of drug-likeness (QED) is 0.722. The highest BCUT2D eigenvalue weighted by atomic mass is 16.1. The van der Waals surface area contributed by atoms with Crippen molar-refractivity contribution in [1.29, 1.82) is 0 Å². The third kappa shape index (κ3) is 3.47. The molecule has 0 saturated heterocycles. The molecule has 13 heavy (non-hydrogen) atoms. The zero-order chi connectivity index (χ0) is 9.68. The molecule has 2 unspecified atom stereocenters. The Morgan fingerprint density at radius 3 is 2.85 bits per heavy atom. The first-order valence-electron chi connectivity index (χ1n) is 5.47. The van der Waals surface area contributed by atoms with Crippen molar-refractivity contribution in [3.05, 3.63) is 0 Å². The molecule has 0 aromatic carbocycles. The molecule has 1 aliphatic rings. The SMILES string of the molecule is CCNCC(=O)C1CCCC(C)C1. The molecule has 0 radical (unpaired) electrons. The van der Waals surface area contributed by atoms with Crippen molar-refractivity contribution in [2.24, 2.45) is 11.8 Å². The van der Waals surface area contributed by atoms with Crippen molar-refractivity contribution in [3.8, 4) is 0 Å². The first-order chi connectivity index (χ1) is 6.24. The van der Waals surface area contributed by atoms with E-state index >= 15 is 0 Å². The van der Waals surface area contributed by atoms with Gasteiger partial charge in [-0.15, -0.1) is 0 Å². The molecule has 1 fully saturated rings. The minimum atomic E-state index is 0.350. The summed E-state index contributed by atoms with van der Waals surface area (Å²) in [6, 6.07) is 0. The Kier molecular flexibility index (Phi) is 4.43. The fourth-order valence-corrected chi connectivity index (χ4v) is 2.12. The van der Waals surface area contributed by atoms with Crippen LogP contribution in [0.15, 0.2) is 0 Å². The van der Waals surface area contributed by atoms with Crippen LogP contribution in [0.5, 0.6) is 0 Å². The number of hydrogen-bond acceptors (Lipinski definition) is 2. The summed E-state index contributed by atoms with van der Waals surface area (Å²) in [5.41, 5.74) is 0. The Morgan fingerprint density at radius 2 is 2.23 bits per heavy atom. The Bertz CT molecular complexity index is 167. The van der Waals surface area contributed by atoms with Gasteiger partial charge in [-0.05, 0) is 25.3 Å². The number of likely N-dealkylation sites (N-methyl/N-ethyl adjacent to an activating group) is 1. The van der Waals surface area contributed by atoms with E-state index in [1.807, 2.05) is 6.92 Å². The van der Waals surface area contributed by atoms with Crippen molar-refractivity contribution >= 4 is 5.78 Å². The van der Waals surface area contributed by atoms with E-state index in [-0.39, 0.29) is 0 Å². The van der Waals surface area contributed by atoms with Gasteiger partial charge in [0.2, 0.25) is 0 Å². The van der Waals surface area contributed by atoms with Crippen LogP contribution in [0.2, 0.25) is 0 Å². The van der Waals surface area contributed by atoms with E-state index in [1.165, 1.54) is 12.8 Å². The van der Waals surface area contributed by atoms with E-state index in [2.05, 4.69) is 12.2 Å². The average molecular weight is 183 g/mol. The second kappa shape index (κ2) is 5.38. The molecule has 76 valence electrons. The number of hydrogen-bond donors (Lipinski definition) is 1. The minimum absolute atomic E-state index is 0.350. The van der Waals surface area contributed by atoms with E-state index in [1.54, 1.807) is 0 Å². The Labute approximate surface area is 81.1 Å². The zero-order valence-corrected chi connectivity index (χ0v) is 8.81. The molecule has 0 amide bonds. The van der Waals surface area contributed by atoms with Crippen molar-refractivity contribution in [2.75, 3.05) is 13.1 Å². The van der Waals surface area contributed by atoms with E-state index in [9.17, 15) is 4.79 Å². The molecular formula is C11H21NO. The van der Waals surface area contributed by atoms with Crippen LogP contribution < -0.4 is 5.32 Å². The fraction of sp³-hybridized carbons (Fsp3) is 0.909. The van der Waals surface area contributed by atoms with Gasteiger partial charge in [-0.25, -0.2) is 0 Å². The third-order valence-corrected chi connectivity index (χ3v) is 2.94. The van der Waals surface area contributed by atoms with Gasteiger partial charge in [0, 0.05) is 5.92 Å². The number of ketones is 1. The summed E-state index contributed by atoms with van der Waals surface area (Å²) in [6.45, 7) is 5.77. The van der Waals surface area contributed by atoms with Gasteiger partial charge >= 0.3 is 0 Å². The standard InChI is InChI=1S/C11H21NO/c1-3-12-8-11(13)10-6-4-5-9(2)7-10/h9-10,12H,3-8H2,1-2H3. The largest absolute Gasteiger partial charge is 0.310 e. The highest BCUT2D eigenvalue weighted by Crippen LogP contribution is 2.28. The van der Waals surface area contributed by atoms with Crippen molar-refractivity contribution in [1.82, 2.24) is 5.32 Å². The summed E-state index contributed by atoms with van der Waals surface area (Å²) in [4.78, 5) is 11.6. The summed E-state index contributed by atoms with van der Waals surface area (Å²) < 4.78 is 0. The Balaban J connectivity index is 2.28. The second-order valence-electron chi connectivity index (χ2n) is 4.22. The van der Waals surface area contributed by atoms with Gasteiger partial charge in [-0.1, -0.05) is 26.7 Å². The first kappa shape index (κ1) is 10.7. The van der Waals surface area contributed by atoms with Crippen LogP contribution >= 0.6 is 0 Å². The first-order valence-corrected chi connectivity index (χ1v) is 5.47. The van der Waals surface area contributed by atoms with E-state index < -0.39 is 0 Å².